The van der Waals surface area contributed by atoms with Crippen LogP contribution in [0, 0.1) is 17.5 Å². The summed E-state index contributed by atoms with van der Waals surface area (Å²) in [5.41, 5.74) is 4.37. The van der Waals surface area contributed by atoms with Gasteiger partial charge in [-0.15, -0.1) is 12.4 Å². The smallest absolute Gasteiger partial charge is 0.246 e. The molecule has 282 valence electrons. The van der Waals surface area contributed by atoms with Crippen LogP contribution in [0.25, 0.3) is 6.08 Å². The van der Waals surface area contributed by atoms with Gasteiger partial charge < -0.3 is 19.1 Å². The number of aromatic nitrogens is 1. The largest absolute Gasteiger partial charge is 0.493 e. The molecule has 4 aromatic carbocycles. The highest BCUT2D eigenvalue weighted by Gasteiger charge is 2.20. The second-order valence-electron chi connectivity index (χ2n) is 13.2. The Morgan fingerprint density at radius 3 is 2.22 bits per heavy atom. The van der Waals surface area contributed by atoms with Crippen molar-refractivity contribution < 1.29 is 32.2 Å². The second kappa shape index (κ2) is 19.1. The highest BCUT2D eigenvalue weighted by molar-refractivity contribution is 5.91. The molecule has 54 heavy (non-hydrogen) atoms. The lowest BCUT2D eigenvalue weighted by atomic mass is 10.0. The Balaban J connectivity index is 0.00000561. The van der Waals surface area contributed by atoms with Gasteiger partial charge in [-0.25, -0.2) is 18.2 Å². The molecule has 1 aliphatic rings. The standard InChI is InChI=1S/C43H42F3N3O4.ClH/c1-30(2)34-12-6-31(7-13-34)20-25-51-36-14-8-33(9-15-36)28-48-21-23-49(24-22-48)42(50)19-11-32-10-17-40(39(45)26-32)53-41-18-16-37(27-47-41)52-29-35-4-3-5-38(44)43(35)46;/h3-19,26-27,30H,20-25,28-29H2,1-2H3;1H/b19-11+;. The Morgan fingerprint density at radius 2 is 1.54 bits per heavy atom. The minimum absolute atomic E-state index is 0. The van der Waals surface area contributed by atoms with E-state index in [0.29, 0.717) is 36.9 Å². The Hall–Kier alpha value is -5.32. The molecule has 7 nitrogen and oxygen atoms in total. The first kappa shape index (κ1) is 39.9. The number of benzene rings is 4. The molecular formula is C43H43ClF3N3O4. The van der Waals surface area contributed by atoms with Crippen LogP contribution >= 0.6 is 12.4 Å². The molecule has 1 amide bonds. The predicted octanol–water partition coefficient (Wildman–Crippen LogP) is 9.39. The molecule has 1 aliphatic heterocycles. The molecule has 1 saturated heterocycles. The summed E-state index contributed by atoms with van der Waals surface area (Å²) in [4.78, 5) is 21.1. The number of piperazine rings is 1. The van der Waals surface area contributed by atoms with Gasteiger partial charge in [-0.05, 0) is 70.6 Å². The van der Waals surface area contributed by atoms with Crippen LogP contribution in [0.5, 0.6) is 23.1 Å². The van der Waals surface area contributed by atoms with E-state index >= 15 is 0 Å². The van der Waals surface area contributed by atoms with E-state index in [4.69, 9.17) is 14.2 Å². The number of carbonyl (C=O) groups excluding carboxylic acids is 1. The van der Waals surface area contributed by atoms with E-state index in [9.17, 15) is 18.0 Å². The number of ether oxygens (including phenoxy) is 3. The molecule has 0 atom stereocenters. The second-order valence-corrected chi connectivity index (χ2v) is 13.2. The topological polar surface area (TPSA) is 64.1 Å². The van der Waals surface area contributed by atoms with E-state index < -0.39 is 17.5 Å². The number of amides is 1. The van der Waals surface area contributed by atoms with Gasteiger partial charge in [0, 0.05) is 56.9 Å². The SMILES string of the molecule is CC(C)c1ccc(CCOc2ccc(CN3CCN(C(=O)/C=C/c4ccc(Oc5ccc(OCc6cccc(F)c6F)cn5)c(F)c4)CC3)cc2)cc1.Cl. The van der Waals surface area contributed by atoms with Gasteiger partial charge in [-0.3, -0.25) is 9.69 Å². The fourth-order valence-electron chi connectivity index (χ4n) is 5.85. The van der Waals surface area contributed by atoms with Crippen LogP contribution in [0.1, 0.15) is 47.6 Å². The molecule has 0 bridgehead atoms. The van der Waals surface area contributed by atoms with Crippen LogP contribution in [-0.2, 0) is 24.4 Å². The quantitative estimate of drug-likeness (QED) is 0.105. The third-order valence-electron chi connectivity index (χ3n) is 9.04. The summed E-state index contributed by atoms with van der Waals surface area (Å²) >= 11 is 0. The van der Waals surface area contributed by atoms with Crippen LogP contribution in [0.2, 0.25) is 0 Å². The number of carbonyl (C=O) groups is 1. The van der Waals surface area contributed by atoms with Crippen LogP contribution < -0.4 is 14.2 Å². The van der Waals surface area contributed by atoms with E-state index in [1.54, 1.807) is 17.0 Å². The summed E-state index contributed by atoms with van der Waals surface area (Å²) in [6.45, 7) is 8.32. The highest BCUT2D eigenvalue weighted by atomic mass is 35.5. The van der Waals surface area contributed by atoms with Gasteiger partial charge in [0.1, 0.15) is 18.1 Å². The van der Waals surface area contributed by atoms with Crippen molar-refractivity contribution >= 4 is 24.4 Å². The molecule has 11 heteroatoms. The van der Waals surface area contributed by atoms with Crippen molar-refractivity contribution in [3.8, 4) is 23.1 Å². The van der Waals surface area contributed by atoms with E-state index in [-0.39, 0.29) is 42.1 Å². The summed E-state index contributed by atoms with van der Waals surface area (Å²) < 4.78 is 59.2. The Kier molecular flexibility index (Phi) is 14.1. The summed E-state index contributed by atoms with van der Waals surface area (Å²) in [6.07, 6.45) is 5.24. The van der Waals surface area contributed by atoms with Crippen LogP contribution in [0.4, 0.5) is 13.2 Å². The zero-order valence-corrected chi connectivity index (χ0v) is 31.0. The van der Waals surface area contributed by atoms with Crippen molar-refractivity contribution in [3.63, 3.8) is 0 Å². The lowest BCUT2D eigenvalue weighted by Crippen LogP contribution is -2.47. The maximum absolute atomic E-state index is 14.9. The Morgan fingerprint density at radius 1 is 0.815 bits per heavy atom. The average molecular weight is 758 g/mol. The third-order valence-corrected chi connectivity index (χ3v) is 9.04. The van der Waals surface area contributed by atoms with Crippen LogP contribution in [0.15, 0.2) is 109 Å². The zero-order chi connectivity index (χ0) is 37.2. The first-order chi connectivity index (χ1) is 25.7. The summed E-state index contributed by atoms with van der Waals surface area (Å²) in [5, 5.41) is 0. The predicted molar refractivity (Wildman–Crippen MR) is 206 cm³/mol. The van der Waals surface area contributed by atoms with Crippen molar-refractivity contribution in [2.75, 3.05) is 32.8 Å². The minimum Gasteiger partial charge on any atom is -0.493 e. The van der Waals surface area contributed by atoms with Crippen molar-refractivity contribution in [1.82, 2.24) is 14.8 Å². The first-order valence-corrected chi connectivity index (χ1v) is 17.7. The molecule has 2 heterocycles. The number of hydrogen-bond donors (Lipinski definition) is 0. The molecule has 1 aromatic heterocycles. The van der Waals surface area contributed by atoms with Crippen LogP contribution in [-0.4, -0.2) is 53.5 Å². The monoisotopic (exact) mass is 757 g/mol. The van der Waals surface area contributed by atoms with E-state index in [1.165, 1.54) is 65.4 Å². The fourth-order valence-corrected chi connectivity index (χ4v) is 5.85. The van der Waals surface area contributed by atoms with Gasteiger partial charge in [0.05, 0.1) is 12.8 Å². The molecule has 0 radical (unpaired) electrons. The van der Waals surface area contributed by atoms with E-state index in [2.05, 4.69) is 60.1 Å². The Bertz CT molecular complexity index is 2000. The van der Waals surface area contributed by atoms with Crippen molar-refractivity contribution in [2.45, 2.75) is 39.3 Å². The fraction of sp³-hybridized carbons (Fsp3) is 0.256. The van der Waals surface area contributed by atoms with Gasteiger partial charge in [0.25, 0.3) is 0 Å². The van der Waals surface area contributed by atoms with Gasteiger partial charge in [-0.1, -0.05) is 68.4 Å². The first-order valence-electron chi connectivity index (χ1n) is 17.7. The minimum atomic E-state index is -0.966. The number of rotatable bonds is 14. The van der Waals surface area contributed by atoms with Gasteiger partial charge in [0.2, 0.25) is 11.8 Å². The summed E-state index contributed by atoms with van der Waals surface area (Å²) in [7, 11) is 0. The van der Waals surface area contributed by atoms with Crippen molar-refractivity contribution in [3.05, 3.63) is 155 Å². The summed E-state index contributed by atoms with van der Waals surface area (Å²) in [5.74, 6) is -0.911. The maximum atomic E-state index is 14.9. The normalized spacial score (nSPS) is 13.2. The van der Waals surface area contributed by atoms with Crippen molar-refractivity contribution in [1.29, 1.82) is 0 Å². The molecule has 5 aromatic rings. The van der Waals surface area contributed by atoms with E-state index in [1.807, 2.05) is 12.1 Å². The van der Waals surface area contributed by atoms with Crippen molar-refractivity contribution in [2.24, 2.45) is 0 Å². The molecule has 1 fully saturated rings. The number of pyridine rings is 1. The zero-order valence-electron chi connectivity index (χ0n) is 30.2. The molecule has 0 saturated carbocycles. The number of hydrogen-bond acceptors (Lipinski definition) is 6. The maximum Gasteiger partial charge on any atom is 0.246 e. The molecule has 0 unspecified atom stereocenters. The lowest BCUT2D eigenvalue weighted by Gasteiger charge is -2.34. The number of nitrogens with zero attached hydrogens (tertiary/aromatic N) is 3. The molecule has 0 spiro atoms. The summed E-state index contributed by atoms with van der Waals surface area (Å²) in [6, 6.07) is 28.2. The van der Waals surface area contributed by atoms with Gasteiger partial charge in [-0.2, -0.15) is 0 Å². The average Bonchev–Trinajstić information content (AvgIpc) is 3.17. The van der Waals surface area contributed by atoms with Gasteiger partial charge >= 0.3 is 0 Å². The molecule has 0 N–H and O–H groups in total. The Labute approximate surface area is 320 Å². The highest BCUT2D eigenvalue weighted by Crippen LogP contribution is 2.26. The molecule has 6 rings (SSSR count). The molecular weight excluding hydrogens is 715 g/mol. The number of halogens is 4. The van der Waals surface area contributed by atoms with Crippen LogP contribution in [0.3, 0.4) is 0 Å². The lowest BCUT2D eigenvalue weighted by molar-refractivity contribution is -0.127. The third kappa shape index (κ3) is 11.1. The molecule has 0 aliphatic carbocycles. The van der Waals surface area contributed by atoms with Gasteiger partial charge in [0.15, 0.2) is 23.2 Å². The van der Waals surface area contributed by atoms with E-state index in [0.717, 1.165) is 37.9 Å².